The van der Waals surface area contributed by atoms with Crippen molar-refractivity contribution in [2.75, 3.05) is 13.2 Å². The van der Waals surface area contributed by atoms with Crippen molar-refractivity contribution in [3.63, 3.8) is 0 Å². The van der Waals surface area contributed by atoms with E-state index in [1.165, 1.54) is 23.1 Å². The Labute approximate surface area is 140 Å². The Kier molecular flexibility index (Phi) is 4.78. The van der Waals surface area contributed by atoms with Crippen LogP contribution in [0.15, 0.2) is 40.2 Å². The summed E-state index contributed by atoms with van der Waals surface area (Å²) in [7, 11) is 0. The van der Waals surface area contributed by atoms with Gasteiger partial charge in [-0.2, -0.15) is 0 Å². The number of ether oxygens (including phenoxy) is 1. The van der Waals surface area contributed by atoms with Crippen molar-refractivity contribution in [1.82, 2.24) is 4.90 Å². The average molecular weight is 384 g/mol. The second-order valence-corrected chi connectivity index (χ2v) is 6.96. The summed E-state index contributed by atoms with van der Waals surface area (Å²) in [6.45, 7) is 0.724. The fourth-order valence-electron chi connectivity index (χ4n) is 2.66. The maximum Gasteiger partial charge on any atom is 0.261 e. The van der Waals surface area contributed by atoms with Gasteiger partial charge in [0, 0.05) is 11.4 Å². The van der Waals surface area contributed by atoms with E-state index in [0.29, 0.717) is 10.2 Å². The molecule has 116 valence electrons. The number of carbonyl (C=O) groups is 1. The van der Waals surface area contributed by atoms with Crippen molar-refractivity contribution >= 4 is 33.2 Å². The molecule has 3 rings (SSSR count). The van der Waals surface area contributed by atoms with Gasteiger partial charge in [-0.05, 0) is 58.4 Å². The molecule has 0 spiro atoms. The summed E-state index contributed by atoms with van der Waals surface area (Å²) in [5.74, 6) is 0.0941. The molecule has 0 bridgehead atoms. The third kappa shape index (κ3) is 3.33. The highest BCUT2D eigenvalue weighted by Crippen LogP contribution is 2.34. The van der Waals surface area contributed by atoms with Crippen LogP contribution in [-0.4, -0.2) is 24.0 Å². The molecule has 22 heavy (non-hydrogen) atoms. The summed E-state index contributed by atoms with van der Waals surface area (Å²) in [6, 6.07) is 8.39. The summed E-state index contributed by atoms with van der Waals surface area (Å²) in [5, 5.41) is 2.03. The molecular weight excluding hydrogens is 369 g/mol. The zero-order valence-electron chi connectivity index (χ0n) is 11.8. The SMILES string of the molecule is O=C(COc1ccc(F)cc1Br)N1CCCC1c1cccs1. The molecule has 0 radical (unpaired) electrons. The minimum absolute atomic E-state index is 0.0351. The summed E-state index contributed by atoms with van der Waals surface area (Å²) in [6.07, 6.45) is 2.00. The number of carbonyl (C=O) groups excluding carboxylic acids is 1. The average Bonchev–Trinajstić information content (AvgIpc) is 3.16. The van der Waals surface area contributed by atoms with Crippen molar-refractivity contribution in [2.24, 2.45) is 0 Å². The Hall–Kier alpha value is -1.40. The highest BCUT2D eigenvalue weighted by atomic mass is 79.9. The topological polar surface area (TPSA) is 29.5 Å². The van der Waals surface area contributed by atoms with Crippen LogP contribution in [0.4, 0.5) is 4.39 Å². The number of benzene rings is 1. The quantitative estimate of drug-likeness (QED) is 0.783. The normalized spacial score (nSPS) is 17.7. The molecule has 1 unspecified atom stereocenters. The Bertz CT molecular complexity index is 662. The maximum absolute atomic E-state index is 13.0. The Morgan fingerprint density at radius 1 is 1.45 bits per heavy atom. The van der Waals surface area contributed by atoms with Gasteiger partial charge in [-0.3, -0.25) is 4.79 Å². The van der Waals surface area contributed by atoms with Crippen molar-refractivity contribution in [1.29, 1.82) is 0 Å². The molecule has 1 aliphatic rings. The van der Waals surface area contributed by atoms with Crippen LogP contribution >= 0.6 is 27.3 Å². The Morgan fingerprint density at radius 3 is 3.05 bits per heavy atom. The molecule has 0 saturated carbocycles. The molecule has 3 nitrogen and oxygen atoms in total. The number of likely N-dealkylation sites (tertiary alicyclic amines) is 1. The fourth-order valence-corrected chi connectivity index (χ4v) is 4.00. The molecule has 1 aromatic heterocycles. The molecule has 1 atom stereocenters. The molecule has 0 N–H and O–H groups in total. The van der Waals surface area contributed by atoms with Gasteiger partial charge in [-0.15, -0.1) is 11.3 Å². The van der Waals surface area contributed by atoms with E-state index in [-0.39, 0.29) is 24.4 Å². The first-order valence-electron chi connectivity index (χ1n) is 7.06. The lowest BCUT2D eigenvalue weighted by atomic mass is 10.2. The van der Waals surface area contributed by atoms with Crippen molar-refractivity contribution in [3.8, 4) is 5.75 Å². The van der Waals surface area contributed by atoms with Gasteiger partial charge in [-0.1, -0.05) is 6.07 Å². The van der Waals surface area contributed by atoms with E-state index >= 15 is 0 Å². The Morgan fingerprint density at radius 2 is 2.32 bits per heavy atom. The number of rotatable bonds is 4. The molecule has 2 aromatic rings. The fraction of sp³-hybridized carbons (Fsp3) is 0.312. The standard InChI is InChI=1S/C16H15BrFNO2S/c17-12-9-11(18)5-6-14(12)21-10-16(20)19-7-1-3-13(19)15-4-2-8-22-15/h2,4-6,8-9,13H,1,3,7,10H2. The molecule has 2 heterocycles. The van der Waals surface area contributed by atoms with E-state index in [0.717, 1.165) is 19.4 Å². The lowest BCUT2D eigenvalue weighted by Gasteiger charge is -2.24. The van der Waals surface area contributed by atoms with Gasteiger partial charge in [0.15, 0.2) is 6.61 Å². The van der Waals surface area contributed by atoms with Gasteiger partial charge in [0.25, 0.3) is 5.91 Å². The van der Waals surface area contributed by atoms with Gasteiger partial charge in [0.2, 0.25) is 0 Å². The second kappa shape index (κ2) is 6.79. The molecular formula is C16H15BrFNO2S. The smallest absolute Gasteiger partial charge is 0.261 e. The molecule has 6 heteroatoms. The van der Waals surface area contributed by atoms with Crippen LogP contribution in [-0.2, 0) is 4.79 Å². The van der Waals surface area contributed by atoms with Gasteiger partial charge in [-0.25, -0.2) is 4.39 Å². The number of nitrogens with zero attached hydrogens (tertiary/aromatic N) is 1. The Balaban J connectivity index is 1.64. The zero-order valence-corrected chi connectivity index (χ0v) is 14.2. The highest BCUT2D eigenvalue weighted by molar-refractivity contribution is 9.10. The van der Waals surface area contributed by atoms with Gasteiger partial charge in [0.05, 0.1) is 10.5 Å². The lowest BCUT2D eigenvalue weighted by molar-refractivity contribution is -0.134. The van der Waals surface area contributed by atoms with Crippen LogP contribution < -0.4 is 4.74 Å². The third-order valence-electron chi connectivity index (χ3n) is 3.69. The molecule has 1 amide bonds. The van der Waals surface area contributed by atoms with E-state index in [4.69, 9.17) is 4.74 Å². The van der Waals surface area contributed by atoms with E-state index in [1.54, 1.807) is 11.3 Å². The van der Waals surface area contributed by atoms with Gasteiger partial charge >= 0.3 is 0 Å². The van der Waals surface area contributed by atoms with Crippen LogP contribution in [0.3, 0.4) is 0 Å². The summed E-state index contributed by atoms with van der Waals surface area (Å²) in [5.41, 5.74) is 0. The number of hydrogen-bond donors (Lipinski definition) is 0. The van der Waals surface area contributed by atoms with Crippen LogP contribution in [0.5, 0.6) is 5.75 Å². The summed E-state index contributed by atoms with van der Waals surface area (Å²) in [4.78, 5) is 15.5. The monoisotopic (exact) mass is 383 g/mol. The van der Waals surface area contributed by atoms with Crippen LogP contribution in [0, 0.1) is 5.82 Å². The zero-order chi connectivity index (χ0) is 15.5. The molecule has 1 aliphatic heterocycles. The third-order valence-corrected chi connectivity index (χ3v) is 5.28. The first-order chi connectivity index (χ1) is 10.6. The van der Waals surface area contributed by atoms with Crippen molar-refractivity contribution in [2.45, 2.75) is 18.9 Å². The van der Waals surface area contributed by atoms with Crippen LogP contribution in [0.1, 0.15) is 23.8 Å². The van der Waals surface area contributed by atoms with Crippen LogP contribution in [0.25, 0.3) is 0 Å². The second-order valence-electron chi connectivity index (χ2n) is 5.12. The predicted octanol–water partition coefficient (Wildman–Crippen LogP) is 4.39. The van der Waals surface area contributed by atoms with Gasteiger partial charge < -0.3 is 9.64 Å². The number of halogens is 2. The molecule has 0 aliphatic carbocycles. The van der Waals surface area contributed by atoms with E-state index < -0.39 is 0 Å². The molecule has 1 fully saturated rings. The maximum atomic E-state index is 13.0. The predicted molar refractivity (Wildman–Crippen MR) is 87.6 cm³/mol. The first-order valence-corrected chi connectivity index (χ1v) is 8.73. The summed E-state index contributed by atoms with van der Waals surface area (Å²) >= 11 is 4.91. The number of thiophene rings is 1. The first kappa shape index (κ1) is 15.5. The lowest BCUT2D eigenvalue weighted by Crippen LogP contribution is -2.34. The van der Waals surface area contributed by atoms with E-state index in [1.807, 2.05) is 16.3 Å². The highest BCUT2D eigenvalue weighted by Gasteiger charge is 2.30. The van der Waals surface area contributed by atoms with Crippen LogP contribution in [0.2, 0.25) is 0 Å². The minimum atomic E-state index is -0.345. The summed E-state index contributed by atoms with van der Waals surface area (Å²) < 4.78 is 19.1. The largest absolute Gasteiger partial charge is 0.483 e. The number of amides is 1. The van der Waals surface area contributed by atoms with E-state index in [2.05, 4.69) is 22.0 Å². The number of hydrogen-bond acceptors (Lipinski definition) is 3. The minimum Gasteiger partial charge on any atom is -0.483 e. The van der Waals surface area contributed by atoms with Gasteiger partial charge in [0.1, 0.15) is 11.6 Å². The van der Waals surface area contributed by atoms with Crippen molar-refractivity contribution < 1.29 is 13.9 Å². The molecule has 1 aromatic carbocycles. The van der Waals surface area contributed by atoms with E-state index in [9.17, 15) is 9.18 Å². The molecule has 1 saturated heterocycles. The van der Waals surface area contributed by atoms with Crippen molar-refractivity contribution in [3.05, 3.63) is 50.9 Å².